The summed E-state index contributed by atoms with van der Waals surface area (Å²) in [6.07, 6.45) is 2.09. The van der Waals surface area contributed by atoms with Crippen molar-refractivity contribution in [2.45, 2.75) is 39.1 Å². The summed E-state index contributed by atoms with van der Waals surface area (Å²) in [5.74, 6) is 3.05. The van der Waals surface area contributed by atoms with Gasteiger partial charge in [0.05, 0.1) is 12.3 Å². The minimum atomic E-state index is 0.485. The van der Waals surface area contributed by atoms with Crippen molar-refractivity contribution < 1.29 is 4.42 Å². The monoisotopic (exact) mass is 270 g/mol. The highest BCUT2D eigenvalue weighted by atomic mass is 32.2. The smallest absolute Gasteiger partial charge is 0.118 e. The van der Waals surface area contributed by atoms with Gasteiger partial charge in [-0.2, -0.15) is 11.8 Å². The van der Waals surface area contributed by atoms with Crippen LogP contribution >= 0.6 is 11.8 Å². The fraction of sp³-hybridized carbons (Fsp3) is 0.714. The van der Waals surface area contributed by atoms with Crippen LogP contribution in [0, 0.1) is 0 Å². The van der Waals surface area contributed by atoms with E-state index in [1.165, 1.54) is 0 Å². The Morgan fingerprint density at radius 1 is 1.28 bits per heavy atom. The Kier molecular flexibility index (Phi) is 7.47. The molecule has 1 aromatic heterocycles. The molecule has 0 spiro atoms. The molecule has 0 fully saturated rings. The number of furan rings is 1. The van der Waals surface area contributed by atoms with E-state index < -0.39 is 0 Å². The Labute approximate surface area is 115 Å². The van der Waals surface area contributed by atoms with E-state index in [2.05, 4.69) is 49.4 Å². The zero-order chi connectivity index (χ0) is 13.4. The number of likely N-dealkylation sites (N-methyl/N-ethyl adjacent to an activating group) is 1. The van der Waals surface area contributed by atoms with E-state index in [0.29, 0.717) is 6.04 Å². The number of nitrogens with zero attached hydrogens (tertiary/aromatic N) is 1. The van der Waals surface area contributed by atoms with Crippen LogP contribution in [0.3, 0.4) is 0 Å². The Hall–Kier alpha value is -0.450. The third kappa shape index (κ3) is 5.46. The summed E-state index contributed by atoms with van der Waals surface area (Å²) < 4.78 is 5.74. The molecule has 104 valence electrons. The Morgan fingerprint density at radius 3 is 2.56 bits per heavy atom. The molecule has 0 aliphatic carbocycles. The van der Waals surface area contributed by atoms with E-state index in [4.69, 9.17) is 4.42 Å². The fourth-order valence-electron chi connectivity index (χ4n) is 1.95. The predicted molar refractivity (Wildman–Crippen MR) is 80.0 cm³/mol. The fourth-order valence-corrected chi connectivity index (χ4v) is 2.39. The van der Waals surface area contributed by atoms with Crippen molar-refractivity contribution in [3.8, 4) is 0 Å². The van der Waals surface area contributed by atoms with E-state index in [1.54, 1.807) is 11.8 Å². The first-order valence-electron chi connectivity index (χ1n) is 6.71. The van der Waals surface area contributed by atoms with Crippen molar-refractivity contribution in [1.82, 2.24) is 10.2 Å². The second-order valence-electron chi connectivity index (χ2n) is 4.57. The van der Waals surface area contributed by atoms with Gasteiger partial charge in [-0.3, -0.25) is 0 Å². The Morgan fingerprint density at radius 2 is 1.94 bits per heavy atom. The van der Waals surface area contributed by atoms with Crippen LogP contribution in [0.25, 0.3) is 0 Å². The molecule has 1 atom stereocenters. The summed E-state index contributed by atoms with van der Waals surface area (Å²) >= 11 is 1.79. The van der Waals surface area contributed by atoms with Crippen LogP contribution in [-0.4, -0.2) is 36.8 Å². The van der Waals surface area contributed by atoms with Gasteiger partial charge < -0.3 is 14.6 Å². The van der Waals surface area contributed by atoms with Gasteiger partial charge in [0.25, 0.3) is 0 Å². The van der Waals surface area contributed by atoms with Crippen LogP contribution in [0.2, 0.25) is 0 Å². The lowest BCUT2D eigenvalue weighted by Crippen LogP contribution is -2.38. The molecule has 1 aromatic rings. The van der Waals surface area contributed by atoms with Gasteiger partial charge in [-0.05, 0) is 38.4 Å². The standard InChI is InChI=1S/C14H26N2OS/c1-5-16(6-2)10-12(3)15-9-13-7-8-14(17-13)11-18-4/h7-8,12,15H,5-6,9-11H2,1-4H3. The van der Waals surface area contributed by atoms with Crippen molar-refractivity contribution in [2.75, 3.05) is 25.9 Å². The van der Waals surface area contributed by atoms with E-state index in [0.717, 1.165) is 43.5 Å². The summed E-state index contributed by atoms with van der Waals surface area (Å²) in [5, 5.41) is 3.51. The molecule has 18 heavy (non-hydrogen) atoms. The molecule has 0 saturated carbocycles. The van der Waals surface area contributed by atoms with Crippen LogP contribution in [-0.2, 0) is 12.3 Å². The van der Waals surface area contributed by atoms with Crippen molar-refractivity contribution >= 4 is 11.8 Å². The Balaban J connectivity index is 2.30. The molecule has 0 amide bonds. The maximum Gasteiger partial charge on any atom is 0.118 e. The molecule has 0 aliphatic heterocycles. The van der Waals surface area contributed by atoms with Gasteiger partial charge in [0.15, 0.2) is 0 Å². The lowest BCUT2D eigenvalue weighted by Gasteiger charge is -2.23. The van der Waals surface area contributed by atoms with Gasteiger partial charge in [-0.15, -0.1) is 0 Å². The topological polar surface area (TPSA) is 28.4 Å². The molecular formula is C14H26N2OS. The van der Waals surface area contributed by atoms with Gasteiger partial charge in [-0.25, -0.2) is 0 Å². The van der Waals surface area contributed by atoms with Gasteiger partial charge in [0, 0.05) is 12.6 Å². The minimum Gasteiger partial charge on any atom is -0.464 e. The lowest BCUT2D eigenvalue weighted by atomic mass is 10.3. The second kappa shape index (κ2) is 8.62. The predicted octanol–water partition coefficient (Wildman–Crippen LogP) is 2.96. The van der Waals surface area contributed by atoms with E-state index in [1.807, 2.05) is 0 Å². The molecule has 3 nitrogen and oxygen atoms in total. The molecule has 1 N–H and O–H groups in total. The van der Waals surface area contributed by atoms with Crippen molar-refractivity contribution in [3.05, 3.63) is 23.7 Å². The number of hydrogen-bond acceptors (Lipinski definition) is 4. The maximum absolute atomic E-state index is 5.74. The van der Waals surface area contributed by atoms with Crippen molar-refractivity contribution in [2.24, 2.45) is 0 Å². The van der Waals surface area contributed by atoms with E-state index in [9.17, 15) is 0 Å². The van der Waals surface area contributed by atoms with Gasteiger partial charge in [0.2, 0.25) is 0 Å². The van der Waals surface area contributed by atoms with Crippen molar-refractivity contribution in [1.29, 1.82) is 0 Å². The van der Waals surface area contributed by atoms with Crippen LogP contribution in [0.1, 0.15) is 32.3 Å². The number of nitrogens with one attached hydrogen (secondary N) is 1. The third-order valence-corrected chi connectivity index (χ3v) is 3.63. The quantitative estimate of drug-likeness (QED) is 0.747. The first-order chi connectivity index (χ1) is 8.69. The molecule has 4 heteroatoms. The molecule has 1 heterocycles. The maximum atomic E-state index is 5.74. The summed E-state index contributed by atoms with van der Waals surface area (Å²) in [4.78, 5) is 2.43. The SMILES string of the molecule is CCN(CC)CC(C)NCc1ccc(CSC)o1. The highest BCUT2D eigenvalue weighted by molar-refractivity contribution is 7.97. The Bertz CT molecular complexity index is 323. The summed E-state index contributed by atoms with van der Waals surface area (Å²) in [7, 11) is 0. The molecule has 0 aliphatic rings. The average molecular weight is 270 g/mol. The largest absolute Gasteiger partial charge is 0.464 e. The summed E-state index contributed by atoms with van der Waals surface area (Å²) in [6, 6.07) is 4.63. The zero-order valence-electron chi connectivity index (χ0n) is 12.0. The van der Waals surface area contributed by atoms with Crippen LogP contribution in [0.15, 0.2) is 16.5 Å². The van der Waals surface area contributed by atoms with E-state index >= 15 is 0 Å². The van der Waals surface area contributed by atoms with Gasteiger partial charge in [-0.1, -0.05) is 13.8 Å². The number of rotatable bonds is 9. The molecule has 0 bridgehead atoms. The minimum absolute atomic E-state index is 0.485. The van der Waals surface area contributed by atoms with E-state index in [-0.39, 0.29) is 0 Å². The first-order valence-corrected chi connectivity index (χ1v) is 8.11. The van der Waals surface area contributed by atoms with Crippen LogP contribution < -0.4 is 5.32 Å². The molecule has 1 rings (SSSR count). The molecule has 0 aromatic carbocycles. The highest BCUT2D eigenvalue weighted by Gasteiger charge is 2.08. The lowest BCUT2D eigenvalue weighted by molar-refractivity contribution is 0.268. The first kappa shape index (κ1) is 15.6. The van der Waals surface area contributed by atoms with Gasteiger partial charge in [0.1, 0.15) is 11.5 Å². The third-order valence-electron chi connectivity index (χ3n) is 3.06. The van der Waals surface area contributed by atoms with Crippen molar-refractivity contribution in [3.63, 3.8) is 0 Å². The second-order valence-corrected chi connectivity index (χ2v) is 5.43. The van der Waals surface area contributed by atoms with Gasteiger partial charge >= 0.3 is 0 Å². The van der Waals surface area contributed by atoms with Crippen LogP contribution in [0.5, 0.6) is 0 Å². The highest BCUT2D eigenvalue weighted by Crippen LogP contribution is 2.13. The summed E-state index contributed by atoms with van der Waals surface area (Å²) in [6.45, 7) is 10.8. The summed E-state index contributed by atoms with van der Waals surface area (Å²) in [5.41, 5.74) is 0. The number of thioether (sulfide) groups is 1. The number of hydrogen-bond donors (Lipinski definition) is 1. The average Bonchev–Trinajstić information content (AvgIpc) is 2.82. The molecule has 0 radical (unpaired) electrons. The molecular weight excluding hydrogens is 244 g/mol. The molecule has 1 unspecified atom stereocenters. The van der Waals surface area contributed by atoms with Crippen LogP contribution in [0.4, 0.5) is 0 Å². The zero-order valence-corrected chi connectivity index (χ0v) is 12.8. The normalized spacial score (nSPS) is 13.2. The molecule has 0 saturated heterocycles.